The second-order valence-corrected chi connectivity index (χ2v) is 4.07. The summed E-state index contributed by atoms with van der Waals surface area (Å²) in [4.78, 5) is 26.9. The maximum atomic E-state index is 11.8. The van der Waals surface area contributed by atoms with Crippen molar-refractivity contribution in [1.29, 1.82) is 0 Å². The summed E-state index contributed by atoms with van der Waals surface area (Å²) in [5.41, 5.74) is 1.51. The molecule has 1 saturated heterocycles. The molecule has 3 heterocycles. The molecule has 2 aromatic heterocycles. The zero-order valence-corrected chi connectivity index (χ0v) is 8.97. The van der Waals surface area contributed by atoms with E-state index < -0.39 is 0 Å². The fourth-order valence-electron chi connectivity index (χ4n) is 2.15. The lowest BCUT2D eigenvalue weighted by Crippen LogP contribution is -2.39. The van der Waals surface area contributed by atoms with Gasteiger partial charge in [0.2, 0.25) is 11.8 Å². The van der Waals surface area contributed by atoms with Gasteiger partial charge in [0.1, 0.15) is 5.58 Å². The molecule has 3 rings (SSSR count). The second kappa shape index (κ2) is 3.69. The predicted molar refractivity (Wildman–Crippen MR) is 59.1 cm³/mol. The number of aromatic nitrogens is 1. The minimum Gasteiger partial charge on any atom is -0.464 e. The van der Waals surface area contributed by atoms with E-state index >= 15 is 0 Å². The molecule has 1 aliphatic heterocycles. The third-order valence-corrected chi connectivity index (χ3v) is 3.02. The van der Waals surface area contributed by atoms with Crippen molar-refractivity contribution >= 4 is 22.8 Å². The summed E-state index contributed by atoms with van der Waals surface area (Å²) >= 11 is 0. The molecule has 17 heavy (non-hydrogen) atoms. The van der Waals surface area contributed by atoms with Crippen LogP contribution in [-0.4, -0.2) is 16.8 Å². The molecule has 0 aromatic carbocycles. The molecule has 0 radical (unpaired) electrons. The number of rotatable bonds is 1. The van der Waals surface area contributed by atoms with E-state index in [9.17, 15) is 9.59 Å². The van der Waals surface area contributed by atoms with Gasteiger partial charge < -0.3 is 4.42 Å². The Kier molecular flexibility index (Phi) is 2.18. The molecule has 1 fully saturated rings. The summed E-state index contributed by atoms with van der Waals surface area (Å²) < 4.78 is 5.37. The predicted octanol–water partition coefficient (Wildman–Crippen LogP) is 1.35. The largest absolute Gasteiger partial charge is 0.464 e. The van der Waals surface area contributed by atoms with Crippen LogP contribution in [0.5, 0.6) is 0 Å². The van der Waals surface area contributed by atoms with Crippen molar-refractivity contribution in [2.24, 2.45) is 0 Å². The van der Waals surface area contributed by atoms with Gasteiger partial charge in [0.05, 0.1) is 12.2 Å². The lowest BCUT2D eigenvalue weighted by atomic mass is 9.91. The van der Waals surface area contributed by atoms with Gasteiger partial charge in [0.25, 0.3) is 0 Å². The number of nitrogens with one attached hydrogen (secondary N) is 1. The number of hydrogen-bond donors (Lipinski definition) is 1. The first-order chi connectivity index (χ1) is 8.25. The molecule has 1 atom stereocenters. The fraction of sp³-hybridized carbons (Fsp3) is 0.250. The van der Waals surface area contributed by atoms with Gasteiger partial charge in [0.15, 0.2) is 0 Å². The van der Waals surface area contributed by atoms with Crippen LogP contribution in [0.1, 0.15) is 24.3 Å². The van der Waals surface area contributed by atoms with Gasteiger partial charge in [-0.25, -0.2) is 0 Å². The number of carbonyl (C=O) groups is 2. The van der Waals surface area contributed by atoms with Gasteiger partial charge in [-0.15, -0.1) is 0 Å². The normalized spacial score (nSPS) is 20.6. The number of pyridine rings is 1. The Labute approximate surface area is 96.8 Å². The Morgan fingerprint density at radius 1 is 1.41 bits per heavy atom. The van der Waals surface area contributed by atoms with Crippen molar-refractivity contribution in [3.05, 3.63) is 30.3 Å². The number of nitrogens with zero attached hydrogens (tertiary/aromatic N) is 1. The van der Waals surface area contributed by atoms with E-state index in [2.05, 4.69) is 10.3 Å². The Morgan fingerprint density at radius 2 is 2.29 bits per heavy atom. The van der Waals surface area contributed by atoms with E-state index in [1.165, 1.54) is 0 Å². The van der Waals surface area contributed by atoms with Gasteiger partial charge in [-0.05, 0) is 12.5 Å². The number of imide groups is 1. The molecule has 1 N–H and O–H groups in total. The molecule has 0 aliphatic carbocycles. The van der Waals surface area contributed by atoms with Gasteiger partial charge >= 0.3 is 0 Å². The quantitative estimate of drug-likeness (QED) is 0.750. The highest BCUT2D eigenvalue weighted by Gasteiger charge is 2.30. The van der Waals surface area contributed by atoms with Crippen molar-refractivity contribution in [2.75, 3.05) is 0 Å². The van der Waals surface area contributed by atoms with E-state index in [1.54, 1.807) is 24.7 Å². The summed E-state index contributed by atoms with van der Waals surface area (Å²) in [5.74, 6) is -0.789. The highest BCUT2D eigenvalue weighted by atomic mass is 16.3. The molecule has 5 nitrogen and oxygen atoms in total. The van der Waals surface area contributed by atoms with Crippen LogP contribution in [0.2, 0.25) is 0 Å². The number of furan rings is 1. The van der Waals surface area contributed by atoms with Gasteiger partial charge in [0, 0.05) is 29.8 Å². The minimum absolute atomic E-state index is 0.211. The van der Waals surface area contributed by atoms with Crippen LogP contribution in [0.25, 0.3) is 11.0 Å². The Hall–Kier alpha value is -2.17. The van der Waals surface area contributed by atoms with Crippen LogP contribution in [0, 0.1) is 0 Å². The lowest BCUT2D eigenvalue weighted by molar-refractivity contribution is -0.134. The highest BCUT2D eigenvalue weighted by molar-refractivity contribution is 6.02. The molecule has 2 amide bonds. The average Bonchev–Trinajstić information content (AvgIpc) is 2.73. The number of piperidine rings is 1. The fourth-order valence-corrected chi connectivity index (χ4v) is 2.15. The van der Waals surface area contributed by atoms with E-state index in [0.29, 0.717) is 18.4 Å². The molecular formula is C12H10N2O3. The highest BCUT2D eigenvalue weighted by Crippen LogP contribution is 2.31. The van der Waals surface area contributed by atoms with Crippen molar-refractivity contribution in [2.45, 2.75) is 18.8 Å². The van der Waals surface area contributed by atoms with Crippen molar-refractivity contribution in [3.8, 4) is 0 Å². The van der Waals surface area contributed by atoms with Crippen LogP contribution in [0.15, 0.2) is 29.1 Å². The number of fused-ring (bicyclic) bond motifs is 1. The molecule has 0 bridgehead atoms. The molecule has 5 heteroatoms. The average molecular weight is 230 g/mol. The van der Waals surface area contributed by atoms with Crippen LogP contribution >= 0.6 is 0 Å². The number of carbonyl (C=O) groups excluding carboxylic acids is 2. The molecule has 1 aliphatic rings. The second-order valence-electron chi connectivity index (χ2n) is 4.07. The van der Waals surface area contributed by atoms with E-state index in [1.807, 2.05) is 0 Å². The maximum absolute atomic E-state index is 11.8. The van der Waals surface area contributed by atoms with E-state index in [0.717, 1.165) is 10.9 Å². The van der Waals surface area contributed by atoms with E-state index in [4.69, 9.17) is 4.42 Å². The summed E-state index contributed by atoms with van der Waals surface area (Å²) in [7, 11) is 0. The molecule has 86 valence electrons. The SMILES string of the molecule is O=C1CCC(c2coc3ccncc23)C(=O)N1. The van der Waals surface area contributed by atoms with Gasteiger partial charge in [-0.3, -0.25) is 19.9 Å². The monoisotopic (exact) mass is 230 g/mol. The van der Waals surface area contributed by atoms with E-state index in [-0.39, 0.29) is 17.7 Å². The first-order valence-corrected chi connectivity index (χ1v) is 5.40. The zero-order valence-electron chi connectivity index (χ0n) is 8.97. The standard InChI is InChI=1S/C12H10N2O3/c15-11-2-1-7(12(16)14-11)9-6-17-10-3-4-13-5-8(9)10/h3-7H,1-2H2,(H,14,15,16). The third kappa shape index (κ3) is 1.60. The van der Waals surface area contributed by atoms with Crippen LogP contribution in [0.4, 0.5) is 0 Å². The first-order valence-electron chi connectivity index (χ1n) is 5.40. The van der Waals surface area contributed by atoms with Crippen molar-refractivity contribution < 1.29 is 14.0 Å². The van der Waals surface area contributed by atoms with Crippen LogP contribution < -0.4 is 5.32 Å². The summed E-state index contributed by atoms with van der Waals surface area (Å²) in [6, 6.07) is 1.75. The third-order valence-electron chi connectivity index (χ3n) is 3.02. The van der Waals surface area contributed by atoms with Gasteiger partial charge in [-0.2, -0.15) is 0 Å². The first kappa shape index (κ1) is 10.0. The Bertz CT molecular complexity index is 603. The summed E-state index contributed by atoms with van der Waals surface area (Å²) in [6.07, 6.45) is 5.78. The molecular weight excluding hydrogens is 220 g/mol. The Morgan fingerprint density at radius 3 is 3.12 bits per heavy atom. The van der Waals surface area contributed by atoms with Crippen LogP contribution in [0.3, 0.4) is 0 Å². The molecule has 0 spiro atoms. The summed E-state index contributed by atoms with van der Waals surface area (Å²) in [6.45, 7) is 0. The zero-order chi connectivity index (χ0) is 11.8. The lowest BCUT2D eigenvalue weighted by Gasteiger charge is -2.19. The topological polar surface area (TPSA) is 72.2 Å². The van der Waals surface area contributed by atoms with Crippen molar-refractivity contribution in [3.63, 3.8) is 0 Å². The van der Waals surface area contributed by atoms with Crippen LogP contribution in [-0.2, 0) is 9.59 Å². The minimum atomic E-state index is -0.321. The summed E-state index contributed by atoms with van der Waals surface area (Å²) in [5, 5.41) is 3.18. The number of amides is 2. The number of hydrogen-bond acceptors (Lipinski definition) is 4. The smallest absolute Gasteiger partial charge is 0.234 e. The molecule has 1 unspecified atom stereocenters. The molecule has 0 saturated carbocycles. The van der Waals surface area contributed by atoms with Gasteiger partial charge in [-0.1, -0.05) is 0 Å². The Balaban J connectivity index is 2.04. The maximum Gasteiger partial charge on any atom is 0.234 e. The van der Waals surface area contributed by atoms with Crippen molar-refractivity contribution in [1.82, 2.24) is 10.3 Å². The molecule has 2 aromatic rings.